The molecule has 9 heteroatoms. The summed E-state index contributed by atoms with van der Waals surface area (Å²) in [5.74, 6) is 0.818. The normalized spacial score (nSPS) is 20.9. The zero-order valence-electron chi connectivity index (χ0n) is 25.1. The Morgan fingerprint density at radius 2 is 1.64 bits per heavy atom. The predicted octanol–water partition coefficient (Wildman–Crippen LogP) is 3.19. The van der Waals surface area contributed by atoms with Gasteiger partial charge in [0, 0.05) is 45.8 Å². The number of urea groups is 1. The van der Waals surface area contributed by atoms with Gasteiger partial charge in [0.2, 0.25) is 5.91 Å². The lowest BCUT2D eigenvalue weighted by Crippen LogP contribution is -2.46. The molecule has 2 aromatic rings. The minimum atomic E-state index is -0.303. The number of hydrogen-bond acceptors (Lipinski definition) is 5. The second-order valence-corrected chi connectivity index (χ2v) is 11.9. The van der Waals surface area contributed by atoms with Crippen LogP contribution >= 0.6 is 0 Å². The van der Waals surface area contributed by atoms with Gasteiger partial charge in [-0.25, -0.2) is 4.79 Å². The molecule has 1 saturated carbocycles. The van der Waals surface area contributed by atoms with E-state index in [1.807, 2.05) is 48.5 Å². The lowest BCUT2D eigenvalue weighted by atomic mass is 9.81. The van der Waals surface area contributed by atoms with Crippen LogP contribution in [0.1, 0.15) is 49.1 Å². The SMILES string of the molecule is CN1CCN(CCCNC(=O)NC(N)=NCC2CCCC(CNC(=O)C(Cc3ccccc3)c3ccccc3)C2)CC1. The van der Waals surface area contributed by atoms with Crippen LogP contribution in [0.15, 0.2) is 65.7 Å². The van der Waals surface area contributed by atoms with Crippen molar-refractivity contribution >= 4 is 17.9 Å². The number of aliphatic imine (C=N–C) groups is 1. The highest BCUT2D eigenvalue weighted by Crippen LogP contribution is 2.29. The monoisotopic (exact) mass is 575 g/mol. The smallest absolute Gasteiger partial charge is 0.321 e. The van der Waals surface area contributed by atoms with Crippen molar-refractivity contribution in [3.05, 3.63) is 71.8 Å². The third-order valence-electron chi connectivity index (χ3n) is 8.55. The Bertz CT molecular complexity index is 1120. The van der Waals surface area contributed by atoms with Crippen LogP contribution < -0.4 is 21.7 Å². The van der Waals surface area contributed by atoms with Gasteiger partial charge in [0.25, 0.3) is 0 Å². The molecule has 1 heterocycles. The van der Waals surface area contributed by atoms with E-state index in [0.29, 0.717) is 37.9 Å². The van der Waals surface area contributed by atoms with Crippen LogP contribution in [0.5, 0.6) is 0 Å². The number of hydrogen-bond donors (Lipinski definition) is 4. The average Bonchev–Trinajstić information content (AvgIpc) is 3.02. The van der Waals surface area contributed by atoms with Crippen molar-refractivity contribution in [2.75, 3.05) is 59.4 Å². The number of benzene rings is 2. The molecule has 9 nitrogen and oxygen atoms in total. The summed E-state index contributed by atoms with van der Waals surface area (Å²) in [5.41, 5.74) is 8.21. The van der Waals surface area contributed by atoms with Gasteiger partial charge in [-0.3, -0.25) is 15.1 Å². The van der Waals surface area contributed by atoms with Crippen molar-refractivity contribution in [2.45, 2.75) is 44.4 Å². The quantitative estimate of drug-likeness (QED) is 0.176. The molecule has 42 heavy (non-hydrogen) atoms. The maximum atomic E-state index is 13.4. The minimum Gasteiger partial charge on any atom is -0.370 e. The lowest BCUT2D eigenvalue weighted by molar-refractivity contribution is -0.122. The number of nitrogens with zero attached hydrogens (tertiary/aromatic N) is 3. The van der Waals surface area contributed by atoms with Crippen LogP contribution in [0.2, 0.25) is 0 Å². The Morgan fingerprint density at radius 1 is 0.952 bits per heavy atom. The van der Waals surface area contributed by atoms with Crippen LogP contribution in [0.3, 0.4) is 0 Å². The second-order valence-electron chi connectivity index (χ2n) is 11.9. The summed E-state index contributed by atoms with van der Waals surface area (Å²) in [6, 6.07) is 19.9. The van der Waals surface area contributed by atoms with E-state index in [0.717, 1.165) is 76.0 Å². The molecule has 2 aliphatic rings. The van der Waals surface area contributed by atoms with Gasteiger partial charge < -0.3 is 26.2 Å². The summed E-state index contributed by atoms with van der Waals surface area (Å²) in [6.45, 7) is 7.21. The van der Waals surface area contributed by atoms with Gasteiger partial charge in [-0.05, 0) is 68.7 Å². The van der Waals surface area contributed by atoms with Crippen molar-refractivity contribution in [3.8, 4) is 0 Å². The maximum Gasteiger partial charge on any atom is 0.321 e. The largest absolute Gasteiger partial charge is 0.370 e. The van der Waals surface area contributed by atoms with E-state index in [9.17, 15) is 9.59 Å². The maximum absolute atomic E-state index is 13.4. The Kier molecular flexibility index (Phi) is 12.7. The summed E-state index contributed by atoms with van der Waals surface area (Å²) in [6.07, 6.45) is 5.86. The number of amides is 3. The number of carbonyl (C=O) groups is 2. The summed E-state index contributed by atoms with van der Waals surface area (Å²) >= 11 is 0. The first-order chi connectivity index (χ1) is 20.5. The summed E-state index contributed by atoms with van der Waals surface area (Å²) < 4.78 is 0. The van der Waals surface area contributed by atoms with Crippen molar-refractivity contribution in [1.82, 2.24) is 25.8 Å². The molecule has 3 amide bonds. The van der Waals surface area contributed by atoms with Crippen molar-refractivity contribution < 1.29 is 9.59 Å². The van der Waals surface area contributed by atoms with Gasteiger partial charge >= 0.3 is 6.03 Å². The number of carbonyl (C=O) groups excluding carboxylic acids is 2. The fourth-order valence-corrected chi connectivity index (χ4v) is 6.02. The van der Waals surface area contributed by atoms with E-state index in [1.54, 1.807) is 0 Å². The van der Waals surface area contributed by atoms with Gasteiger partial charge in [-0.2, -0.15) is 0 Å². The number of nitrogens with one attached hydrogen (secondary N) is 3. The lowest BCUT2D eigenvalue weighted by Gasteiger charge is -2.32. The molecule has 1 aliphatic heterocycles. The summed E-state index contributed by atoms with van der Waals surface area (Å²) in [5, 5.41) is 8.81. The number of rotatable bonds is 12. The van der Waals surface area contributed by atoms with Crippen LogP contribution in [-0.2, 0) is 11.2 Å². The first kappa shape index (κ1) is 31.5. The Balaban J connectivity index is 1.16. The molecule has 3 atom stereocenters. The molecule has 1 saturated heterocycles. The number of likely N-dealkylation sites (N-methyl/N-ethyl adjacent to an activating group) is 1. The highest BCUT2D eigenvalue weighted by Gasteiger charge is 2.25. The van der Waals surface area contributed by atoms with Gasteiger partial charge in [0.1, 0.15) is 0 Å². The number of nitrogens with two attached hydrogens (primary N) is 1. The third kappa shape index (κ3) is 10.8. The molecule has 0 aromatic heterocycles. The van der Waals surface area contributed by atoms with Crippen LogP contribution in [0.4, 0.5) is 4.79 Å². The topological polar surface area (TPSA) is 115 Å². The number of piperazine rings is 1. The van der Waals surface area contributed by atoms with Crippen LogP contribution in [0, 0.1) is 11.8 Å². The van der Waals surface area contributed by atoms with Crippen LogP contribution in [-0.4, -0.2) is 87.1 Å². The molecule has 228 valence electrons. The molecule has 3 unspecified atom stereocenters. The molecular formula is C33H49N7O2. The molecule has 0 spiro atoms. The van der Waals surface area contributed by atoms with Gasteiger partial charge in [0.15, 0.2) is 5.96 Å². The van der Waals surface area contributed by atoms with E-state index in [-0.39, 0.29) is 23.8 Å². The van der Waals surface area contributed by atoms with E-state index in [2.05, 4.69) is 49.9 Å². The van der Waals surface area contributed by atoms with E-state index in [4.69, 9.17) is 5.73 Å². The molecule has 1 aliphatic carbocycles. The molecule has 0 radical (unpaired) electrons. The second kappa shape index (κ2) is 16.9. The summed E-state index contributed by atoms with van der Waals surface area (Å²) in [7, 11) is 2.15. The average molecular weight is 576 g/mol. The standard InChI is InChI=1S/C33H49N7O2/c1-39-18-20-40(21-19-39)17-9-16-35-33(42)38-32(34)37-25-28-13-8-12-27(22-28)24-36-31(41)30(29-14-6-3-7-15-29)23-26-10-4-2-5-11-26/h2-7,10-11,14-15,27-28,30H,8-9,12-13,16-25H2,1H3,(H,36,41)(H4,34,35,37,38,42). The fraction of sp³-hybridized carbons (Fsp3) is 0.545. The van der Waals surface area contributed by atoms with Gasteiger partial charge in [-0.15, -0.1) is 0 Å². The van der Waals surface area contributed by atoms with E-state index < -0.39 is 0 Å². The summed E-state index contributed by atoms with van der Waals surface area (Å²) in [4.78, 5) is 34.8. The first-order valence-electron chi connectivity index (χ1n) is 15.6. The zero-order valence-corrected chi connectivity index (χ0v) is 25.1. The predicted molar refractivity (Wildman–Crippen MR) is 169 cm³/mol. The van der Waals surface area contributed by atoms with Gasteiger partial charge in [-0.1, -0.05) is 67.1 Å². The molecule has 2 fully saturated rings. The fourth-order valence-electron chi connectivity index (χ4n) is 6.02. The van der Waals surface area contributed by atoms with Crippen LogP contribution in [0.25, 0.3) is 0 Å². The van der Waals surface area contributed by atoms with E-state index in [1.165, 1.54) is 0 Å². The molecule has 4 rings (SSSR count). The minimum absolute atomic E-state index is 0.0770. The van der Waals surface area contributed by atoms with Crippen molar-refractivity contribution in [1.29, 1.82) is 0 Å². The zero-order chi connectivity index (χ0) is 29.6. The van der Waals surface area contributed by atoms with Gasteiger partial charge in [0.05, 0.1) is 5.92 Å². The van der Waals surface area contributed by atoms with E-state index >= 15 is 0 Å². The highest BCUT2D eigenvalue weighted by atomic mass is 16.2. The molecule has 5 N–H and O–H groups in total. The Labute approximate surface area is 251 Å². The molecular weight excluding hydrogens is 526 g/mol. The first-order valence-corrected chi connectivity index (χ1v) is 15.6. The van der Waals surface area contributed by atoms with Crippen molar-refractivity contribution in [2.24, 2.45) is 22.6 Å². The Morgan fingerprint density at radius 3 is 2.38 bits per heavy atom. The Hall–Kier alpha value is -3.43. The number of guanidine groups is 1. The third-order valence-corrected chi connectivity index (χ3v) is 8.55. The van der Waals surface area contributed by atoms with Crippen molar-refractivity contribution in [3.63, 3.8) is 0 Å². The molecule has 2 aromatic carbocycles. The molecule has 0 bridgehead atoms. The highest BCUT2D eigenvalue weighted by molar-refractivity contribution is 5.95.